The molecule has 0 radical (unpaired) electrons. The minimum atomic E-state index is -0.182. The Labute approximate surface area is 113 Å². The third-order valence-corrected chi connectivity index (χ3v) is 3.14. The first-order chi connectivity index (χ1) is 9.28. The molecule has 0 spiro atoms. The maximum Gasteiger partial charge on any atom is 0.150 e. The molecule has 2 aromatic rings. The summed E-state index contributed by atoms with van der Waals surface area (Å²) < 4.78 is 1.87. The molecule has 0 amide bonds. The van der Waals surface area contributed by atoms with Gasteiger partial charge in [-0.2, -0.15) is 10.4 Å². The fourth-order valence-electron chi connectivity index (χ4n) is 2.06. The van der Waals surface area contributed by atoms with Crippen molar-refractivity contribution in [1.29, 1.82) is 5.26 Å². The topological polar surface area (TPSA) is 54.5 Å². The molecule has 0 saturated heterocycles. The summed E-state index contributed by atoms with van der Waals surface area (Å²) in [5.74, 6) is 1.62. The van der Waals surface area contributed by atoms with E-state index in [2.05, 4.69) is 23.1 Å². The highest BCUT2D eigenvalue weighted by atomic mass is 15.3. The maximum absolute atomic E-state index is 9.36. The summed E-state index contributed by atoms with van der Waals surface area (Å²) in [6, 6.07) is 12.2. The number of benzene rings is 1. The predicted octanol–water partition coefficient (Wildman–Crippen LogP) is 2.71. The molecule has 2 rings (SSSR count). The molecule has 1 heterocycles. The normalized spacial score (nSPS) is 12.1. The van der Waals surface area contributed by atoms with Crippen molar-refractivity contribution in [1.82, 2.24) is 14.8 Å². The standard InChI is InChI=1S/C15H18N4/c1-3-14-17-15(4-2)19(18-14)11-13(10-16)12-8-6-5-7-9-12/h5-9,13H,3-4,11H2,1-2H3. The fourth-order valence-corrected chi connectivity index (χ4v) is 2.06. The van der Waals surface area contributed by atoms with Crippen LogP contribution >= 0.6 is 0 Å². The van der Waals surface area contributed by atoms with Crippen molar-refractivity contribution >= 4 is 0 Å². The predicted molar refractivity (Wildman–Crippen MR) is 73.6 cm³/mol. The van der Waals surface area contributed by atoms with Crippen LogP contribution in [0.2, 0.25) is 0 Å². The molecular formula is C15H18N4. The molecule has 0 fully saturated rings. The summed E-state index contributed by atoms with van der Waals surface area (Å²) in [5.41, 5.74) is 1.03. The molecule has 4 nitrogen and oxygen atoms in total. The Hall–Kier alpha value is -2.15. The Balaban J connectivity index is 2.24. The molecule has 0 aliphatic rings. The van der Waals surface area contributed by atoms with Gasteiger partial charge in [-0.1, -0.05) is 44.2 Å². The van der Waals surface area contributed by atoms with Crippen molar-refractivity contribution in [3.8, 4) is 6.07 Å². The molecule has 0 saturated carbocycles. The Bertz CT molecular complexity index is 566. The van der Waals surface area contributed by atoms with E-state index in [0.717, 1.165) is 30.1 Å². The molecule has 4 heteroatoms. The van der Waals surface area contributed by atoms with Crippen molar-refractivity contribution in [3.05, 3.63) is 47.5 Å². The van der Waals surface area contributed by atoms with Gasteiger partial charge >= 0.3 is 0 Å². The third-order valence-electron chi connectivity index (χ3n) is 3.14. The van der Waals surface area contributed by atoms with Gasteiger partial charge < -0.3 is 0 Å². The lowest BCUT2D eigenvalue weighted by Gasteiger charge is -2.10. The number of hydrogen-bond donors (Lipinski definition) is 0. The number of nitriles is 1. The largest absolute Gasteiger partial charge is 0.248 e. The molecule has 0 bridgehead atoms. The van der Waals surface area contributed by atoms with E-state index in [0.29, 0.717) is 6.54 Å². The van der Waals surface area contributed by atoms with Crippen LogP contribution in [-0.4, -0.2) is 14.8 Å². The van der Waals surface area contributed by atoms with Gasteiger partial charge in [0.2, 0.25) is 0 Å². The van der Waals surface area contributed by atoms with Gasteiger partial charge in [-0.05, 0) is 5.56 Å². The van der Waals surface area contributed by atoms with Crippen LogP contribution in [0, 0.1) is 11.3 Å². The average Bonchev–Trinajstić information content (AvgIpc) is 2.87. The van der Waals surface area contributed by atoms with Gasteiger partial charge in [-0.3, -0.25) is 0 Å². The SMILES string of the molecule is CCc1nc(CC)n(CC(C#N)c2ccccc2)n1. The van der Waals surface area contributed by atoms with E-state index >= 15 is 0 Å². The molecule has 1 aromatic heterocycles. The summed E-state index contributed by atoms with van der Waals surface area (Å²) in [6.07, 6.45) is 1.66. The van der Waals surface area contributed by atoms with Gasteiger partial charge in [0.15, 0.2) is 5.82 Å². The summed E-state index contributed by atoms with van der Waals surface area (Å²) in [5, 5.41) is 13.8. The molecule has 1 aromatic carbocycles. The summed E-state index contributed by atoms with van der Waals surface area (Å²) >= 11 is 0. The highest BCUT2D eigenvalue weighted by Crippen LogP contribution is 2.17. The fraction of sp³-hybridized carbons (Fsp3) is 0.400. The van der Waals surface area contributed by atoms with Crippen LogP contribution < -0.4 is 0 Å². The zero-order valence-corrected chi connectivity index (χ0v) is 11.4. The third kappa shape index (κ3) is 3.00. The second-order valence-corrected chi connectivity index (χ2v) is 4.43. The highest BCUT2D eigenvalue weighted by molar-refractivity contribution is 5.24. The van der Waals surface area contributed by atoms with Crippen LogP contribution in [0.25, 0.3) is 0 Å². The smallest absolute Gasteiger partial charge is 0.150 e. The minimum Gasteiger partial charge on any atom is -0.248 e. The van der Waals surface area contributed by atoms with Gasteiger partial charge in [-0.25, -0.2) is 9.67 Å². The van der Waals surface area contributed by atoms with E-state index in [-0.39, 0.29) is 5.92 Å². The van der Waals surface area contributed by atoms with E-state index in [1.807, 2.05) is 41.9 Å². The lowest BCUT2D eigenvalue weighted by Crippen LogP contribution is -2.12. The molecule has 0 aliphatic heterocycles. The lowest BCUT2D eigenvalue weighted by atomic mass is 10.0. The first-order valence-corrected chi connectivity index (χ1v) is 6.65. The monoisotopic (exact) mass is 254 g/mol. The quantitative estimate of drug-likeness (QED) is 0.824. The average molecular weight is 254 g/mol. The number of aryl methyl sites for hydroxylation is 2. The van der Waals surface area contributed by atoms with Gasteiger partial charge in [0, 0.05) is 12.8 Å². The van der Waals surface area contributed by atoms with Crippen LogP contribution in [0.4, 0.5) is 0 Å². The van der Waals surface area contributed by atoms with Crippen LogP contribution in [0.3, 0.4) is 0 Å². The number of aromatic nitrogens is 3. The second kappa shape index (κ2) is 6.14. The first kappa shape index (κ1) is 13.3. The summed E-state index contributed by atoms with van der Waals surface area (Å²) in [4.78, 5) is 4.47. The Kier molecular flexibility index (Phi) is 4.30. The summed E-state index contributed by atoms with van der Waals surface area (Å²) in [6.45, 7) is 4.67. The van der Waals surface area contributed by atoms with Gasteiger partial charge in [-0.15, -0.1) is 0 Å². The molecule has 1 unspecified atom stereocenters. The maximum atomic E-state index is 9.36. The zero-order chi connectivity index (χ0) is 13.7. The van der Waals surface area contributed by atoms with Crippen LogP contribution in [0.1, 0.15) is 37.0 Å². The summed E-state index contributed by atoms with van der Waals surface area (Å²) in [7, 11) is 0. The molecule has 0 N–H and O–H groups in total. The van der Waals surface area contributed by atoms with Crippen molar-refractivity contribution in [2.24, 2.45) is 0 Å². The van der Waals surface area contributed by atoms with E-state index < -0.39 is 0 Å². The molecule has 1 atom stereocenters. The Morgan fingerprint density at radius 3 is 2.53 bits per heavy atom. The zero-order valence-electron chi connectivity index (χ0n) is 11.4. The van der Waals surface area contributed by atoms with Crippen molar-refractivity contribution < 1.29 is 0 Å². The highest BCUT2D eigenvalue weighted by Gasteiger charge is 2.15. The lowest BCUT2D eigenvalue weighted by molar-refractivity contribution is 0.549. The number of rotatable bonds is 5. The molecule has 98 valence electrons. The van der Waals surface area contributed by atoms with E-state index in [1.165, 1.54) is 0 Å². The molecular weight excluding hydrogens is 236 g/mol. The minimum absolute atomic E-state index is 0.182. The van der Waals surface area contributed by atoms with Crippen molar-refractivity contribution in [2.45, 2.75) is 39.2 Å². The van der Waals surface area contributed by atoms with Crippen LogP contribution in [0.5, 0.6) is 0 Å². The number of hydrogen-bond acceptors (Lipinski definition) is 3. The van der Waals surface area contributed by atoms with Crippen molar-refractivity contribution in [2.75, 3.05) is 0 Å². The van der Waals surface area contributed by atoms with Crippen LogP contribution in [0.15, 0.2) is 30.3 Å². The molecule has 0 aliphatic carbocycles. The number of nitrogens with zero attached hydrogens (tertiary/aromatic N) is 4. The van der Waals surface area contributed by atoms with E-state index in [4.69, 9.17) is 0 Å². The van der Waals surface area contributed by atoms with Gasteiger partial charge in [0.05, 0.1) is 18.5 Å². The Morgan fingerprint density at radius 1 is 1.21 bits per heavy atom. The second-order valence-electron chi connectivity index (χ2n) is 4.43. The first-order valence-electron chi connectivity index (χ1n) is 6.65. The van der Waals surface area contributed by atoms with Crippen molar-refractivity contribution in [3.63, 3.8) is 0 Å². The molecule has 19 heavy (non-hydrogen) atoms. The van der Waals surface area contributed by atoms with Crippen LogP contribution in [-0.2, 0) is 19.4 Å². The van der Waals surface area contributed by atoms with Gasteiger partial charge in [0.25, 0.3) is 0 Å². The van der Waals surface area contributed by atoms with E-state index in [1.54, 1.807) is 0 Å². The van der Waals surface area contributed by atoms with Gasteiger partial charge in [0.1, 0.15) is 5.82 Å². The Morgan fingerprint density at radius 2 is 1.95 bits per heavy atom. The van der Waals surface area contributed by atoms with E-state index in [9.17, 15) is 5.26 Å².